The predicted octanol–water partition coefficient (Wildman–Crippen LogP) is 3.81. The van der Waals surface area contributed by atoms with Crippen molar-refractivity contribution in [2.75, 3.05) is 0 Å². The van der Waals surface area contributed by atoms with Crippen molar-refractivity contribution in [1.82, 2.24) is 10.4 Å². The first-order valence-corrected chi connectivity index (χ1v) is 8.25. The average molecular weight is 345 g/mol. The van der Waals surface area contributed by atoms with Crippen molar-refractivity contribution >= 4 is 11.6 Å². The summed E-state index contributed by atoms with van der Waals surface area (Å²) < 4.78 is 5.69. The topological polar surface area (TPSA) is 63.6 Å². The van der Waals surface area contributed by atoms with Crippen LogP contribution in [0.4, 0.5) is 0 Å². The van der Waals surface area contributed by atoms with Gasteiger partial charge in [0, 0.05) is 11.8 Å². The fraction of sp³-hybridized carbons (Fsp3) is 0.0952. The van der Waals surface area contributed by atoms with E-state index in [4.69, 9.17) is 4.74 Å². The number of aromatic nitrogens is 1. The highest BCUT2D eigenvalue weighted by Crippen LogP contribution is 2.12. The van der Waals surface area contributed by atoms with E-state index < -0.39 is 0 Å². The van der Waals surface area contributed by atoms with Crippen LogP contribution in [0.1, 0.15) is 28.5 Å². The molecule has 1 heterocycles. The van der Waals surface area contributed by atoms with E-state index in [1.807, 2.05) is 60.7 Å². The molecule has 1 amide bonds. The smallest absolute Gasteiger partial charge is 0.271 e. The van der Waals surface area contributed by atoms with Crippen LogP contribution in [0.25, 0.3) is 0 Å². The summed E-state index contributed by atoms with van der Waals surface area (Å²) in [4.78, 5) is 16.4. The molecule has 0 spiro atoms. The Bertz CT molecular complexity index is 876. The summed E-state index contributed by atoms with van der Waals surface area (Å²) in [6.07, 6.45) is 1.69. The van der Waals surface area contributed by atoms with Crippen LogP contribution >= 0.6 is 0 Å². The molecule has 0 fully saturated rings. The van der Waals surface area contributed by atoms with Crippen molar-refractivity contribution in [3.05, 3.63) is 95.8 Å². The number of hydrazone groups is 1. The van der Waals surface area contributed by atoms with Gasteiger partial charge < -0.3 is 4.74 Å². The van der Waals surface area contributed by atoms with Crippen LogP contribution in [0.5, 0.6) is 5.75 Å². The number of nitrogens with one attached hydrogen (secondary N) is 1. The number of rotatable bonds is 6. The number of ether oxygens (including phenoxy) is 1. The molecule has 1 aromatic heterocycles. The van der Waals surface area contributed by atoms with Crippen LogP contribution in [0.2, 0.25) is 0 Å². The number of hydrogen-bond donors (Lipinski definition) is 1. The second-order valence-corrected chi connectivity index (χ2v) is 5.65. The van der Waals surface area contributed by atoms with Crippen LogP contribution in [0.3, 0.4) is 0 Å². The molecule has 2 aromatic carbocycles. The molecule has 0 unspecified atom stereocenters. The van der Waals surface area contributed by atoms with Gasteiger partial charge in [-0.25, -0.2) is 5.43 Å². The predicted molar refractivity (Wildman–Crippen MR) is 101 cm³/mol. The Morgan fingerprint density at radius 1 is 1.00 bits per heavy atom. The maximum Gasteiger partial charge on any atom is 0.271 e. The molecule has 0 radical (unpaired) electrons. The fourth-order valence-electron chi connectivity index (χ4n) is 2.27. The molecule has 0 aliphatic heterocycles. The fourth-order valence-corrected chi connectivity index (χ4v) is 2.27. The van der Waals surface area contributed by atoms with E-state index in [0.29, 0.717) is 17.9 Å². The van der Waals surface area contributed by atoms with Gasteiger partial charge in [0.2, 0.25) is 0 Å². The van der Waals surface area contributed by atoms with Crippen LogP contribution in [-0.2, 0) is 6.61 Å². The zero-order valence-electron chi connectivity index (χ0n) is 14.4. The van der Waals surface area contributed by atoms with E-state index in [-0.39, 0.29) is 5.91 Å². The molecule has 1 N–H and O–H groups in total. The second kappa shape index (κ2) is 8.58. The van der Waals surface area contributed by atoms with Gasteiger partial charge in [0.1, 0.15) is 12.4 Å². The molecule has 130 valence electrons. The first kappa shape index (κ1) is 17.4. The third-order valence-electron chi connectivity index (χ3n) is 3.73. The van der Waals surface area contributed by atoms with Gasteiger partial charge in [-0.05, 0) is 48.9 Å². The van der Waals surface area contributed by atoms with Crippen LogP contribution in [-0.4, -0.2) is 16.6 Å². The number of pyridine rings is 1. The van der Waals surface area contributed by atoms with E-state index in [1.54, 1.807) is 25.3 Å². The highest BCUT2D eigenvalue weighted by molar-refractivity contribution is 5.99. The lowest BCUT2D eigenvalue weighted by molar-refractivity contribution is 0.0955. The normalized spacial score (nSPS) is 11.0. The summed E-state index contributed by atoms with van der Waals surface area (Å²) in [5, 5.41) is 4.10. The van der Waals surface area contributed by atoms with E-state index in [0.717, 1.165) is 17.0 Å². The zero-order valence-corrected chi connectivity index (χ0v) is 14.4. The molecule has 3 rings (SSSR count). The Balaban J connectivity index is 1.57. The van der Waals surface area contributed by atoms with Crippen molar-refractivity contribution < 1.29 is 9.53 Å². The van der Waals surface area contributed by atoms with Gasteiger partial charge in [-0.1, -0.05) is 36.4 Å². The third kappa shape index (κ3) is 4.77. The molecule has 0 aliphatic rings. The number of nitrogens with zero attached hydrogens (tertiary/aromatic N) is 2. The van der Waals surface area contributed by atoms with Crippen LogP contribution < -0.4 is 10.2 Å². The van der Waals surface area contributed by atoms with Gasteiger partial charge in [0.15, 0.2) is 0 Å². The molecule has 26 heavy (non-hydrogen) atoms. The van der Waals surface area contributed by atoms with Crippen molar-refractivity contribution in [3.63, 3.8) is 0 Å². The van der Waals surface area contributed by atoms with Crippen LogP contribution in [0, 0.1) is 0 Å². The molecular weight excluding hydrogens is 326 g/mol. The van der Waals surface area contributed by atoms with Gasteiger partial charge in [-0.2, -0.15) is 5.10 Å². The monoisotopic (exact) mass is 345 g/mol. The van der Waals surface area contributed by atoms with Gasteiger partial charge in [0.25, 0.3) is 5.91 Å². The Morgan fingerprint density at radius 2 is 1.73 bits per heavy atom. The van der Waals surface area contributed by atoms with Gasteiger partial charge in [-0.3, -0.25) is 9.78 Å². The van der Waals surface area contributed by atoms with Crippen molar-refractivity contribution in [1.29, 1.82) is 0 Å². The lowest BCUT2D eigenvalue weighted by Crippen LogP contribution is -2.19. The van der Waals surface area contributed by atoms with E-state index in [1.165, 1.54) is 0 Å². The molecule has 3 aromatic rings. The molecule has 0 saturated heterocycles. The highest BCUT2D eigenvalue weighted by atomic mass is 16.5. The molecule has 0 saturated carbocycles. The minimum Gasteiger partial charge on any atom is -0.489 e. The van der Waals surface area contributed by atoms with Crippen molar-refractivity contribution in [3.8, 4) is 5.75 Å². The summed E-state index contributed by atoms with van der Waals surface area (Å²) in [6.45, 7) is 2.25. The Kier molecular flexibility index (Phi) is 5.72. The summed E-state index contributed by atoms with van der Waals surface area (Å²) in [5.41, 5.74) is 5.44. The number of para-hydroxylation sites is 1. The summed E-state index contributed by atoms with van der Waals surface area (Å²) in [5.74, 6) is 0.546. The summed E-state index contributed by atoms with van der Waals surface area (Å²) in [6, 6.07) is 22.4. The molecule has 5 heteroatoms. The Morgan fingerprint density at radius 3 is 2.42 bits per heavy atom. The molecular formula is C21H19N3O2. The number of carbonyl (C=O) groups excluding carboxylic acids is 1. The molecule has 0 atom stereocenters. The second-order valence-electron chi connectivity index (χ2n) is 5.65. The number of hydrogen-bond acceptors (Lipinski definition) is 4. The average Bonchev–Trinajstić information content (AvgIpc) is 2.72. The Labute approximate surface area is 152 Å². The van der Waals surface area contributed by atoms with E-state index in [9.17, 15) is 4.79 Å². The summed E-state index contributed by atoms with van der Waals surface area (Å²) in [7, 11) is 0. The third-order valence-corrected chi connectivity index (χ3v) is 3.73. The Hall–Kier alpha value is -3.47. The first-order valence-electron chi connectivity index (χ1n) is 8.25. The number of amides is 1. The largest absolute Gasteiger partial charge is 0.489 e. The maximum absolute atomic E-state index is 12.2. The van der Waals surface area contributed by atoms with Gasteiger partial charge in [0.05, 0.1) is 11.4 Å². The maximum atomic E-state index is 12.2. The lowest BCUT2D eigenvalue weighted by Gasteiger charge is -2.07. The van der Waals surface area contributed by atoms with Gasteiger partial charge >= 0.3 is 0 Å². The minimum atomic E-state index is -0.268. The van der Waals surface area contributed by atoms with Crippen molar-refractivity contribution in [2.45, 2.75) is 13.5 Å². The van der Waals surface area contributed by atoms with Gasteiger partial charge in [-0.15, -0.1) is 0 Å². The van der Waals surface area contributed by atoms with E-state index >= 15 is 0 Å². The summed E-state index contributed by atoms with van der Waals surface area (Å²) >= 11 is 0. The standard InChI is InChI=1S/C21H19N3O2/c1-16(20-9-5-6-14-22-20)23-24-21(25)18-12-10-17(11-13-18)15-26-19-7-3-2-4-8-19/h2-14H,15H2,1H3,(H,24,25)/b23-16+. The lowest BCUT2D eigenvalue weighted by atomic mass is 10.1. The first-order chi connectivity index (χ1) is 12.7. The number of carbonyl (C=O) groups is 1. The van der Waals surface area contributed by atoms with Crippen molar-refractivity contribution in [2.24, 2.45) is 5.10 Å². The highest BCUT2D eigenvalue weighted by Gasteiger charge is 2.06. The van der Waals surface area contributed by atoms with Crippen LogP contribution in [0.15, 0.2) is 84.1 Å². The van der Waals surface area contributed by atoms with E-state index in [2.05, 4.69) is 15.5 Å². The minimum absolute atomic E-state index is 0.268. The molecule has 0 bridgehead atoms. The quantitative estimate of drug-likeness (QED) is 0.546. The molecule has 5 nitrogen and oxygen atoms in total. The molecule has 0 aliphatic carbocycles. The number of benzene rings is 2. The zero-order chi connectivity index (χ0) is 18.2. The SMILES string of the molecule is C/C(=N\NC(=O)c1ccc(COc2ccccc2)cc1)c1ccccn1.